The van der Waals surface area contributed by atoms with Crippen LogP contribution in [0.4, 0.5) is 22.0 Å². The lowest BCUT2D eigenvalue weighted by atomic mass is 9.63. The summed E-state index contributed by atoms with van der Waals surface area (Å²) in [5, 5.41) is 0. The molecule has 2 saturated carbocycles. The molecule has 4 rings (SSSR count). The van der Waals surface area contributed by atoms with E-state index in [1.807, 2.05) is 0 Å². The number of halogens is 5. The van der Waals surface area contributed by atoms with E-state index in [2.05, 4.69) is 23.8 Å². The zero-order valence-electron chi connectivity index (χ0n) is 19.4. The van der Waals surface area contributed by atoms with Crippen LogP contribution in [0.2, 0.25) is 0 Å². The van der Waals surface area contributed by atoms with Crippen LogP contribution < -0.4 is 4.74 Å². The molecule has 6 heteroatoms. The van der Waals surface area contributed by atoms with E-state index >= 15 is 0 Å². The molecule has 0 bridgehead atoms. The third-order valence-corrected chi connectivity index (χ3v) is 7.61. The molecule has 34 heavy (non-hydrogen) atoms. The number of alkyl halides is 3. The Bertz CT molecular complexity index is 972. The van der Waals surface area contributed by atoms with E-state index in [0.29, 0.717) is 17.4 Å². The Kier molecular flexibility index (Phi) is 7.63. The van der Waals surface area contributed by atoms with Crippen molar-refractivity contribution in [1.82, 2.24) is 0 Å². The predicted molar refractivity (Wildman–Crippen MR) is 123 cm³/mol. The molecule has 0 N–H and O–H groups in total. The van der Waals surface area contributed by atoms with Gasteiger partial charge < -0.3 is 4.74 Å². The molecule has 0 radical (unpaired) electrons. The van der Waals surface area contributed by atoms with E-state index in [1.54, 1.807) is 0 Å². The lowest BCUT2D eigenvalue weighted by molar-refractivity contribution is -0.274. The van der Waals surface area contributed by atoms with Crippen molar-refractivity contribution in [1.29, 1.82) is 0 Å². The van der Waals surface area contributed by atoms with Crippen LogP contribution in [0.5, 0.6) is 5.75 Å². The third kappa shape index (κ3) is 6.00. The van der Waals surface area contributed by atoms with Crippen LogP contribution in [-0.2, 0) is 0 Å². The van der Waals surface area contributed by atoms with E-state index in [9.17, 15) is 22.0 Å². The van der Waals surface area contributed by atoms with Crippen LogP contribution in [0.15, 0.2) is 48.6 Å². The first kappa shape index (κ1) is 24.7. The standard InChI is InChI=1S/C28H31F5O/c1-2-3-4-5-18-6-7-21-15-22(9-8-20(21)14-18)23-16-25(29)27(26(30)17-23)19-10-12-24(13-11-19)34-28(31,32)33/h2-3,10-13,16-18,20-22H,4-9,14-15H2,1H3/b3-2+. The Labute approximate surface area is 198 Å². The van der Waals surface area contributed by atoms with Crippen molar-refractivity contribution in [3.8, 4) is 16.9 Å². The average Bonchev–Trinajstić information content (AvgIpc) is 2.78. The summed E-state index contributed by atoms with van der Waals surface area (Å²) in [7, 11) is 0. The Hall–Kier alpha value is -2.37. The molecule has 0 amide bonds. The fourth-order valence-corrected chi connectivity index (χ4v) is 5.98. The van der Waals surface area contributed by atoms with Gasteiger partial charge in [0.25, 0.3) is 0 Å². The molecule has 0 heterocycles. The minimum atomic E-state index is -4.82. The number of rotatable bonds is 6. The van der Waals surface area contributed by atoms with E-state index in [-0.39, 0.29) is 17.0 Å². The Morgan fingerprint density at radius 1 is 0.912 bits per heavy atom. The van der Waals surface area contributed by atoms with E-state index in [1.165, 1.54) is 49.9 Å². The summed E-state index contributed by atoms with van der Waals surface area (Å²) in [5.74, 6) is 0.457. The number of fused-ring (bicyclic) bond motifs is 1. The summed E-state index contributed by atoms with van der Waals surface area (Å²) in [5.41, 5.74) is 0.637. The number of ether oxygens (including phenoxy) is 1. The molecule has 0 saturated heterocycles. The molecule has 0 aliphatic heterocycles. The second kappa shape index (κ2) is 10.5. The first-order valence-electron chi connectivity index (χ1n) is 12.2. The van der Waals surface area contributed by atoms with Crippen LogP contribution in [-0.4, -0.2) is 6.36 Å². The van der Waals surface area contributed by atoms with Gasteiger partial charge in [-0.2, -0.15) is 0 Å². The molecule has 2 fully saturated rings. The smallest absolute Gasteiger partial charge is 0.406 e. The van der Waals surface area contributed by atoms with E-state index < -0.39 is 23.7 Å². The first-order valence-corrected chi connectivity index (χ1v) is 12.2. The van der Waals surface area contributed by atoms with Crippen molar-refractivity contribution in [3.63, 3.8) is 0 Å². The lowest BCUT2D eigenvalue weighted by Crippen LogP contribution is -2.30. The molecule has 4 atom stereocenters. The largest absolute Gasteiger partial charge is 0.573 e. The Morgan fingerprint density at radius 3 is 2.21 bits per heavy atom. The van der Waals surface area contributed by atoms with Gasteiger partial charge in [-0.15, -0.1) is 13.2 Å². The zero-order valence-corrected chi connectivity index (χ0v) is 19.4. The molecule has 2 aliphatic rings. The molecule has 2 aromatic rings. The summed E-state index contributed by atoms with van der Waals surface area (Å²) < 4.78 is 70.9. The van der Waals surface area contributed by atoms with Crippen molar-refractivity contribution in [2.75, 3.05) is 0 Å². The summed E-state index contributed by atoms with van der Waals surface area (Å²) in [6.45, 7) is 2.06. The van der Waals surface area contributed by atoms with E-state index in [4.69, 9.17) is 0 Å². The molecular weight excluding hydrogens is 447 g/mol. The molecule has 2 aliphatic carbocycles. The molecular formula is C28H31F5O. The van der Waals surface area contributed by atoms with Gasteiger partial charge in [-0.25, -0.2) is 8.78 Å². The molecule has 4 unspecified atom stereocenters. The second-order valence-electron chi connectivity index (χ2n) is 9.79. The van der Waals surface area contributed by atoms with Crippen molar-refractivity contribution in [2.24, 2.45) is 17.8 Å². The maximum Gasteiger partial charge on any atom is 0.573 e. The number of benzene rings is 2. The van der Waals surface area contributed by atoms with Crippen molar-refractivity contribution < 1.29 is 26.7 Å². The van der Waals surface area contributed by atoms with Gasteiger partial charge in [-0.05, 0) is 111 Å². The highest BCUT2D eigenvalue weighted by Crippen LogP contribution is 2.48. The highest BCUT2D eigenvalue weighted by Gasteiger charge is 2.36. The second-order valence-corrected chi connectivity index (χ2v) is 9.79. The summed E-state index contributed by atoms with van der Waals surface area (Å²) in [4.78, 5) is 0. The quantitative estimate of drug-likeness (QED) is 0.297. The Morgan fingerprint density at radius 2 is 1.56 bits per heavy atom. The summed E-state index contributed by atoms with van der Waals surface area (Å²) >= 11 is 0. The van der Waals surface area contributed by atoms with Crippen LogP contribution in [0.3, 0.4) is 0 Å². The minimum absolute atomic E-state index is 0.140. The topological polar surface area (TPSA) is 9.23 Å². The third-order valence-electron chi connectivity index (χ3n) is 7.61. The number of hydrogen-bond acceptors (Lipinski definition) is 1. The van der Waals surface area contributed by atoms with E-state index in [0.717, 1.165) is 43.7 Å². The fourth-order valence-electron chi connectivity index (χ4n) is 5.98. The van der Waals surface area contributed by atoms with Gasteiger partial charge in [0.2, 0.25) is 0 Å². The van der Waals surface area contributed by atoms with Gasteiger partial charge in [-0.1, -0.05) is 30.7 Å². The monoisotopic (exact) mass is 478 g/mol. The van der Waals surface area contributed by atoms with Crippen LogP contribution in [0.1, 0.15) is 69.8 Å². The normalized spacial score (nSPS) is 25.4. The fraction of sp³-hybridized carbons (Fsp3) is 0.500. The van der Waals surface area contributed by atoms with Gasteiger partial charge >= 0.3 is 6.36 Å². The Balaban J connectivity index is 1.43. The van der Waals surface area contributed by atoms with Gasteiger partial charge in [0, 0.05) is 0 Å². The van der Waals surface area contributed by atoms with Crippen LogP contribution in [0.25, 0.3) is 11.1 Å². The highest BCUT2D eigenvalue weighted by molar-refractivity contribution is 5.66. The van der Waals surface area contributed by atoms with Crippen molar-refractivity contribution in [3.05, 3.63) is 65.7 Å². The van der Waals surface area contributed by atoms with Crippen molar-refractivity contribution in [2.45, 2.75) is 70.6 Å². The molecule has 1 nitrogen and oxygen atoms in total. The van der Waals surface area contributed by atoms with Gasteiger partial charge in [0.1, 0.15) is 17.4 Å². The predicted octanol–water partition coefficient (Wildman–Crippen LogP) is 9.19. The van der Waals surface area contributed by atoms with Gasteiger partial charge in [-0.3, -0.25) is 0 Å². The SMILES string of the molecule is C/C=C/CCC1CCC2CC(c3cc(F)c(-c4ccc(OC(F)(F)F)cc4)c(F)c3)CCC2C1. The molecule has 0 spiro atoms. The molecule has 2 aromatic carbocycles. The zero-order chi connectivity index (χ0) is 24.3. The first-order chi connectivity index (χ1) is 16.2. The minimum Gasteiger partial charge on any atom is -0.406 e. The number of allylic oxidation sites excluding steroid dienone is 2. The lowest BCUT2D eigenvalue weighted by Gasteiger charge is -2.42. The molecule has 184 valence electrons. The van der Waals surface area contributed by atoms with Gasteiger partial charge in [0.05, 0.1) is 5.56 Å². The highest BCUT2D eigenvalue weighted by atomic mass is 19.4. The summed E-state index contributed by atoms with van der Waals surface area (Å²) in [6.07, 6.45) is 8.62. The average molecular weight is 479 g/mol. The van der Waals surface area contributed by atoms with Crippen LogP contribution >= 0.6 is 0 Å². The molecule has 0 aromatic heterocycles. The summed E-state index contributed by atoms with van der Waals surface area (Å²) in [6, 6.07) is 7.42. The van der Waals surface area contributed by atoms with Crippen LogP contribution in [0, 0.1) is 29.4 Å². The maximum atomic E-state index is 15.0. The number of hydrogen-bond donors (Lipinski definition) is 0. The van der Waals surface area contributed by atoms with Crippen molar-refractivity contribution >= 4 is 0 Å². The maximum absolute atomic E-state index is 15.0. The van der Waals surface area contributed by atoms with Gasteiger partial charge in [0.15, 0.2) is 0 Å².